The molecule has 1 amide bonds. The molecule has 0 unspecified atom stereocenters. The van der Waals surface area contributed by atoms with Crippen molar-refractivity contribution in [1.82, 2.24) is 8.87 Å². The van der Waals surface area contributed by atoms with E-state index < -0.39 is 21.7 Å². The summed E-state index contributed by atoms with van der Waals surface area (Å²) in [5, 5.41) is 0.0209. The lowest BCUT2D eigenvalue weighted by atomic mass is 10.2. The Hall–Kier alpha value is -2.11. The summed E-state index contributed by atoms with van der Waals surface area (Å²) in [6.07, 6.45) is 0. The van der Waals surface area contributed by atoms with E-state index in [0.717, 1.165) is 0 Å². The molecule has 3 aromatic rings. The molecule has 0 spiro atoms. The maximum absolute atomic E-state index is 14.1. The topological polar surface area (TPSA) is 81.0 Å². The van der Waals surface area contributed by atoms with E-state index in [-0.39, 0.29) is 28.6 Å². The van der Waals surface area contributed by atoms with E-state index in [1.165, 1.54) is 44.5 Å². The van der Waals surface area contributed by atoms with Crippen LogP contribution in [0.25, 0.3) is 10.2 Å². The molecular weight excluding hydrogens is 453 g/mol. The number of halogens is 2. The van der Waals surface area contributed by atoms with Gasteiger partial charge in [-0.3, -0.25) is 4.79 Å². The van der Waals surface area contributed by atoms with Gasteiger partial charge in [0.25, 0.3) is 5.91 Å². The largest absolute Gasteiger partial charge is 0.379 e. The van der Waals surface area contributed by atoms with Gasteiger partial charge >= 0.3 is 0 Å². The molecule has 1 aliphatic heterocycles. The van der Waals surface area contributed by atoms with Gasteiger partial charge in [0.2, 0.25) is 10.0 Å². The summed E-state index contributed by atoms with van der Waals surface area (Å²) >= 11 is 7.30. The first-order valence-electron chi connectivity index (χ1n) is 8.99. The van der Waals surface area contributed by atoms with Crippen LogP contribution in [0.15, 0.2) is 46.3 Å². The minimum absolute atomic E-state index is 0.0209. The van der Waals surface area contributed by atoms with E-state index in [9.17, 15) is 17.6 Å². The average Bonchev–Trinajstić information content (AvgIpc) is 3.05. The molecule has 30 heavy (non-hydrogen) atoms. The number of aryl methyl sites for hydroxylation is 1. The van der Waals surface area contributed by atoms with Crippen LogP contribution in [0.4, 0.5) is 4.39 Å². The molecule has 2 aromatic carbocycles. The van der Waals surface area contributed by atoms with Crippen molar-refractivity contribution in [3.05, 3.63) is 57.6 Å². The van der Waals surface area contributed by atoms with Crippen molar-refractivity contribution in [3.8, 4) is 0 Å². The first-order chi connectivity index (χ1) is 14.3. The van der Waals surface area contributed by atoms with Crippen molar-refractivity contribution in [1.29, 1.82) is 0 Å². The molecule has 0 aliphatic carbocycles. The number of carbonyl (C=O) groups excluding carboxylic acids is 1. The van der Waals surface area contributed by atoms with Gasteiger partial charge in [-0.05, 0) is 30.3 Å². The summed E-state index contributed by atoms with van der Waals surface area (Å²) in [6.45, 7) is 1.02. The van der Waals surface area contributed by atoms with Crippen LogP contribution in [0.5, 0.6) is 0 Å². The third kappa shape index (κ3) is 3.81. The monoisotopic (exact) mass is 469 g/mol. The van der Waals surface area contributed by atoms with E-state index >= 15 is 0 Å². The standard InChI is InChI=1S/C19H17ClFN3O4S2/c1-23-17-14(21)3-2-4-15(17)29-19(23)22-18(25)12-5-6-13(20)16(11-12)30(26,27)24-7-9-28-10-8-24/h2-6,11H,7-10H2,1H3. The number of rotatable bonds is 3. The van der Waals surface area contributed by atoms with Crippen LogP contribution in [-0.4, -0.2) is 49.5 Å². The Morgan fingerprint density at radius 2 is 1.97 bits per heavy atom. The molecule has 11 heteroatoms. The molecule has 0 atom stereocenters. The Balaban J connectivity index is 1.74. The van der Waals surface area contributed by atoms with Crippen LogP contribution in [0.3, 0.4) is 0 Å². The second-order valence-electron chi connectivity index (χ2n) is 6.61. The SMILES string of the molecule is Cn1c(=NC(=O)c2ccc(Cl)c(S(=O)(=O)N3CCOCC3)c2)sc2cccc(F)c21. The van der Waals surface area contributed by atoms with Gasteiger partial charge in [-0.25, -0.2) is 12.8 Å². The van der Waals surface area contributed by atoms with Gasteiger partial charge in [-0.1, -0.05) is 29.0 Å². The van der Waals surface area contributed by atoms with Crippen LogP contribution in [0, 0.1) is 5.82 Å². The summed E-state index contributed by atoms with van der Waals surface area (Å²) < 4.78 is 48.6. The van der Waals surface area contributed by atoms with E-state index in [1.807, 2.05) is 0 Å². The number of aromatic nitrogens is 1. The fourth-order valence-electron chi connectivity index (χ4n) is 3.18. The second-order valence-corrected chi connectivity index (χ2v) is 9.93. The van der Waals surface area contributed by atoms with E-state index in [4.69, 9.17) is 16.3 Å². The first kappa shape index (κ1) is 21.1. The van der Waals surface area contributed by atoms with Gasteiger partial charge in [-0.2, -0.15) is 9.30 Å². The predicted octanol–water partition coefficient (Wildman–Crippen LogP) is 2.79. The van der Waals surface area contributed by atoms with Gasteiger partial charge in [0.15, 0.2) is 4.80 Å². The van der Waals surface area contributed by atoms with E-state index in [2.05, 4.69) is 4.99 Å². The number of para-hydroxylation sites is 1. The molecule has 4 rings (SSSR count). The molecule has 0 bridgehead atoms. The third-order valence-electron chi connectivity index (χ3n) is 4.74. The number of amides is 1. The van der Waals surface area contributed by atoms with Crippen molar-refractivity contribution in [2.24, 2.45) is 12.0 Å². The van der Waals surface area contributed by atoms with Crippen LogP contribution < -0.4 is 4.80 Å². The predicted molar refractivity (Wildman–Crippen MR) is 112 cm³/mol. The summed E-state index contributed by atoms with van der Waals surface area (Å²) in [7, 11) is -2.27. The lowest BCUT2D eigenvalue weighted by Crippen LogP contribution is -2.40. The van der Waals surface area contributed by atoms with Crippen LogP contribution in [-0.2, 0) is 21.8 Å². The van der Waals surface area contributed by atoms with Gasteiger partial charge in [0.1, 0.15) is 10.7 Å². The Morgan fingerprint density at radius 1 is 1.23 bits per heavy atom. The quantitative estimate of drug-likeness (QED) is 0.590. The lowest BCUT2D eigenvalue weighted by molar-refractivity contribution is 0.0730. The number of hydrogen-bond acceptors (Lipinski definition) is 5. The molecular formula is C19H17ClFN3O4S2. The zero-order chi connectivity index (χ0) is 21.5. The Labute approximate surface area is 181 Å². The highest BCUT2D eigenvalue weighted by Gasteiger charge is 2.29. The number of sulfonamides is 1. The minimum Gasteiger partial charge on any atom is -0.379 e. The van der Waals surface area contributed by atoms with Crippen LogP contribution in [0.2, 0.25) is 5.02 Å². The molecule has 0 N–H and O–H groups in total. The first-order valence-corrected chi connectivity index (χ1v) is 11.6. The van der Waals surface area contributed by atoms with E-state index in [0.29, 0.717) is 28.2 Å². The molecule has 1 saturated heterocycles. The molecule has 1 aromatic heterocycles. The molecule has 7 nitrogen and oxygen atoms in total. The zero-order valence-corrected chi connectivity index (χ0v) is 18.2. The van der Waals surface area contributed by atoms with Crippen LogP contribution >= 0.6 is 22.9 Å². The molecule has 0 radical (unpaired) electrons. The number of fused-ring (bicyclic) bond motifs is 1. The second kappa shape index (κ2) is 8.20. The maximum atomic E-state index is 14.1. The number of nitrogens with zero attached hydrogens (tertiary/aromatic N) is 3. The van der Waals surface area contributed by atoms with Gasteiger partial charge < -0.3 is 9.30 Å². The van der Waals surface area contributed by atoms with Crippen LogP contribution in [0.1, 0.15) is 10.4 Å². The molecule has 0 saturated carbocycles. The zero-order valence-electron chi connectivity index (χ0n) is 15.8. The smallest absolute Gasteiger partial charge is 0.279 e. The highest BCUT2D eigenvalue weighted by atomic mass is 35.5. The Bertz CT molecular complexity index is 1310. The van der Waals surface area contributed by atoms with Crippen molar-refractivity contribution >= 4 is 49.1 Å². The van der Waals surface area contributed by atoms with Gasteiger partial charge in [-0.15, -0.1) is 0 Å². The number of benzene rings is 2. The molecule has 158 valence electrons. The highest BCUT2D eigenvalue weighted by molar-refractivity contribution is 7.89. The summed E-state index contributed by atoms with van der Waals surface area (Å²) in [5.41, 5.74) is 0.421. The summed E-state index contributed by atoms with van der Waals surface area (Å²) in [5.74, 6) is -1.06. The third-order valence-corrected chi connectivity index (χ3v) is 8.21. The average molecular weight is 470 g/mol. The highest BCUT2D eigenvalue weighted by Crippen LogP contribution is 2.27. The Morgan fingerprint density at radius 3 is 2.67 bits per heavy atom. The van der Waals surface area contributed by atoms with Crippen molar-refractivity contribution in [2.45, 2.75) is 4.90 Å². The summed E-state index contributed by atoms with van der Waals surface area (Å²) in [6, 6.07) is 8.67. The van der Waals surface area contributed by atoms with Gasteiger partial charge in [0.05, 0.1) is 28.5 Å². The fourth-order valence-corrected chi connectivity index (χ4v) is 6.11. The number of thiazole rings is 1. The number of ether oxygens (including phenoxy) is 1. The van der Waals surface area contributed by atoms with Crippen molar-refractivity contribution in [3.63, 3.8) is 0 Å². The molecule has 1 fully saturated rings. The van der Waals surface area contributed by atoms with Gasteiger partial charge in [0, 0.05) is 25.7 Å². The van der Waals surface area contributed by atoms with Crippen molar-refractivity contribution < 1.29 is 22.3 Å². The Kier molecular flexibility index (Phi) is 5.78. The maximum Gasteiger partial charge on any atom is 0.279 e. The van der Waals surface area contributed by atoms with Crippen molar-refractivity contribution in [2.75, 3.05) is 26.3 Å². The lowest BCUT2D eigenvalue weighted by Gasteiger charge is -2.26. The van der Waals surface area contributed by atoms with E-state index in [1.54, 1.807) is 19.2 Å². The fraction of sp³-hybridized carbons (Fsp3) is 0.263. The summed E-state index contributed by atoms with van der Waals surface area (Å²) in [4.78, 5) is 17.0. The number of morpholine rings is 1. The number of carbonyl (C=O) groups is 1. The molecule has 2 heterocycles. The normalized spacial score (nSPS) is 16.3. The number of hydrogen-bond donors (Lipinski definition) is 0. The minimum atomic E-state index is -3.88. The molecule has 1 aliphatic rings.